The van der Waals surface area contributed by atoms with Gasteiger partial charge in [0.15, 0.2) is 0 Å². The lowest BCUT2D eigenvalue weighted by molar-refractivity contribution is 0.157. The summed E-state index contributed by atoms with van der Waals surface area (Å²) in [4.78, 5) is 0. The first kappa shape index (κ1) is 7.92. The van der Waals surface area contributed by atoms with Gasteiger partial charge in [-0.3, -0.25) is 0 Å². The van der Waals surface area contributed by atoms with Gasteiger partial charge in [0, 0.05) is 6.54 Å². The molecule has 0 aliphatic heterocycles. The van der Waals surface area contributed by atoms with Crippen LogP contribution in [-0.2, 0) is 0 Å². The molecule has 2 heteroatoms. The first-order chi connectivity index (χ1) is 3.66. The van der Waals surface area contributed by atoms with E-state index in [2.05, 4.69) is 13.8 Å². The van der Waals surface area contributed by atoms with E-state index in [1.165, 1.54) is 0 Å². The van der Waals surface area contributed by atoms with Crippen LogP contribution in [0.4, 0.5) is 0 Å². The Bertz CT molecular complexity index is 54.5. The average Bonchev–Trinajstić information content (AvgIpc) is 1.65. The van der Waals surface area contributed by atoms with E-state index >= 15 is 0 Å². The summed E-state index contributed by atoms with van der Waals surface area (Å²) < 4.78 is 0. The predicted molar refractivity (Wildman–Crippen MR) is 34.5 cm³/mol. The van der Waals surface area contributed by atoms with Crippen molar-refractivity contribution in [3.63, 3.8) is 0 Å². The van der Waals surface area contributed by atoms with Crippen molar-refractivity contribution in [1.82, 2.24) is 0 Å². The van der Waals surface area contributed by atoms with E-state index in [1.807, 2.05) is 0 Å². The second-order valence-corrected chi connectivity index (χ2v) is 2.52. The van der Waals surface area contributed by atoms with Crippen LogP contribution in [0.3, 0.4) is 0 Å². The summed E-state index contributed by atoms with van der Waals surface area (Å²) in [6, 6.07) is 0. The van der Waals surface area contributed by atoms with Crippen molar-refractivity contribution >= 4 is 0 Å². The summed E-state index contributed by atoms with van der Waals surface area (Å²) in [5.41, 5.74) is 5.17. The van der Waals surface area contributed by atoms with Crippen molar-refractivity contribution in [1.29, 1.82) is 0 Å². The van der Waals surface area contributed by atoms with Gasteiger partial charge in [-0.1, -0.05) is 13.8 Å². The van der Waals surface area contributed by atoms with Crippen molar-refractivity contribution in [2.45, 2.75) is 26.4 Å². The van der Waals surface area contributed by atoms with E-state index in [0.717, 1.165) is 6.42 Å². The number of aliphatic hydroxyl groups excluding tert-OH is 1. The van der Waals surface area contributed by atoms with Crippen LogP contribution in [0, 0.1) is 5.92 Å². The number of aliphatic hydroxyl groups is 1. The van der Waals surface area contributed by atoms with Gasteiger partial charge in [0.2, 0.25) is 0 Å². The zero-order chi connectivity index (χ0) is 6.57. The number of hydrogen-bond acceptors (Lipinski definition) is 2. The zero-order valence-electron chi connectivity index (χ0n) is 5.59. The lowest BCUT2D eigenvalue weighted by Crippen LogP contribution is -2.21. The molecule has 0 aromatic rings. The third-order valence-electron chi connectivity index (χ3n) is 1.02. The molecular weight excluding hydrogens is 102 g/mol. The molecule has 8 heavy (non-hydrogen) atoms. The van der Waals surface area contributed by atoms with Crippen LogP contribution in [0.25, 0.3) is 0 Å². The maximum Gasteiger partial charge on any atom is 0.0664 e. The Morgan fingerprint density at radius 1 is 1.50 bits per heavy atom. The fraction of sp³-hybridized carbons (Fsp3) is 1.00. The van der Waals surface area contributed by atoms with E-state index in [4.69, 9.17) is 10.8 Å². The van der Waals surface area contributed by atoms with Crippen molar-refractivity contribution in [3.05, 3.63) is 0 Å². The highest BCUT2D eigenvalue weighted by Gasteiger charge is 2.02. The van der Waals surface area contributed by atoms with Crippen LogP contribution < -0.4 is 5.73 Å². The monoisotopic (exact) mass is 117 g/mol. The predicted octanol–water partition coefficient (Wildman–Crippen LogP) is 0.352. The molecule has 0 aliphatic carbocycles. The minimum atomic E-state index is -0.296. The Morgan fingerprint density at radius 2 is 2.00 bits per heavy atom. The number of nitrogens with two attached hydrogens (primary N) is 1. The Morgan fingerprint density at radius 3 is 2.12 bits per heavy atom. The molecule has 0 aromatic heterocycles. The zero-order valence-corrected chi connectivity index (χ0v) is 5.59. The third-order valence-corrected chi connectivity index (χ3v) is 1.02. The minimum Gasteiger partial charge on any atom is -0.392 e. The molecule has 0 bridgehead atoms. The Labute approximate surface area is 50.7 Å². The van der Waals surface area contributed by atoms with Gasteiger partial charge in [-0.15, -0.1) is 0 Å². The summed E-state index contributed by atoms with van der Waals surface area (Å²) >= 11 is 0. The van der Waals surface area contributed by atoms with Crippen LogP contribution in [0.15, 0.2) is 0 Å². The van der Waals surface area contributed by atoms with Crippen LogP contribution >= 0.6 is 0 Å². The fourth-order valence-corrected chi connectivity index (χ4v) is 0.640. The lowest BCUT2D eigenvalue weighted by atomic mass is 10.1. The molecule has 0 amide bonds. The van der Waals surface area contributed by atoms with Gasteiger partial charge in [-0.05, 0) is 12.3 Å². The Hall–Kier alpha value is -0.0800. The van der Waals surface area contributed by atoms with Crippen LogP contribution in [0.5, 0.6) is 0 Å². The van der Waals surface area contributed by atoms with Gasteiger partial charge >= 0.3 is 0 Å². The standard InChI is InChI=1S/C6H15NO/c1-5(2)3-6(8)4-7/h5-6,8H,3-4,7H2,1-2H3/t6-/m1/s1. The highest BCUT2D eigenvalue weighted by Crippen LogP contribution is 2.01. The fourth-order valence-electron chi connectivity index (χ4n) is 0.640. The molecule has 0 rings (SSSR count). The summed E-state index contributed by atoms with van der Waals surface area (Å²) in [6.07, 6.45) is 0.520. The second kappa shape index (κ2) is 3.87. The van der Waals surface area contributed by atoms with Gasteiger partial charge in [0.25, 0.3) is 0 Å². The number of rotatable bonds is 3. The molecule has 0 fully saturated rings. The Kier molecular flexibility index (Phi) is 3.83. The maximum absolute atomic E-state index is 8.90. The molecule has 2 nitrogen and oxygen atoms in total. The summed E-state index contributed by atoms with van der Waals surface area (Å²) in [6.45, 7) is 4.52. The van der Waals surface area contributed by atoms with E-state index in [0.29, 0.717) is 12.5 Å². The summed E-state index contributed by atoms with van der Waals surface area (Å²) in [7, 11) is 0. The van der Waals surface area contributed by atoms with Gasteiger partial charge in [-0.25, -0.2) is 0 Å². The van der Waals surface area contributed by atoms with E-state index < -0.39 is 0 Å². The summed E-state index contributed by atoms with van der Waals surface area (Å²) in [5, 5.41) is 8.90. The highest BCUT2D eigenvalue weighted by molar-refractivity contribution is 4.57. The van der Waals surface area contributed by atoms with E-state index in [1.54, 1.807) is 0 Å². The molecule has 0 aromatic carbocycles. The highest BCUT2D eigenvalue weighted by atomic mass is 16.3. The molecular formula is C6H15NO. The topological polar surface area (TPSA) is 46.2 Å². The minimum absolute atomic E-state index is 0.296. The normalized spacial score (nSPS) is 14.6. The van der Waals surface area contributed by atoms with E-state index in [9.17, 15) is 0 Å². The smallest absolute Gasteiger partial charge is 0.0664 e. The largest absolute Gasteiger partial charge is 0.392 e. The molecule has 50 valence electrons. The molecule has 0 spiro atoms. The van der Waals surface area contributed by atoms with Crippen LogP contribution in [0.2, 0.25) is 0 Å². The first-order valence-electron chi connectivity index (χ1n) is 3.05. The maximum atomic E-state index is 8.90. The van der Waals surface area contributed by atoms with Gasteiger partial charge in [0.05, 0.1) is 6.10 Å². The number of hydrogen-bond donors (Lipinski definition) is 2. The van der Waals surface area contributed by atoms with Crippen molar-refractivity contribution < 1.29 is 5.11 Å². The molecule has 0 aliphatic rings. The third kappa shape index (κ3) is 4.09. The van der Waals surface area contributed by atoms with Gasteiger partial charge < -0.3 is 10.8 Å². The summed E-state index contributed by atoms with van der Waals surface area (Å²) in [5.74, 6) is 0.550. The van der Waals surface area contributed by atoms with Gasteiger partial charge in [0.1, 0.15) is 0 Å². The Balaban J connectivity index is 3.10. The quantitative estimate of drug-likeness (QED) is 0.560. The molecule has 0 unspecified atom stereocenters. The van der Waals surface area contributed by atoms with Gasteiger partial charge in [-0.2, -0.15) is 0 Å². The molecule has 0 saturated heterocycles. The van der Waals surface area contributed by atoms with Crippen LogP contribution in [-0.4, -0.2) is 17.8 Å². The molecule has 0 radical (unpaired) electrons. The molecule has 3 N–H and O–H groups in total. The van der Waals surface area contributed by atoms with Crippen molar-refractivity contribution in [2.24, 2.45) is 11.7 Å². The second-order valence-electron chi connectivity index (χ2n) is 2.52. The molecule has 1 atom stereocenters. The molecule has 0 saturated carbocycles. The average molecular weight is 117 g/mol. The SMILES string of the molecule is CC(C)C[C@@H](O)CN. The molecule has 0 heterocycles. The van der Waals surface area contributed by atoms with Crippen LogP contribution in [0.1, 0.15) is 20.3 Å². The lowest BCUT2D eigenvalue weighted by Gasteiger charge is -2.08. The van der Waals surface area contributed by atoms with E-state index in [-0.39, 0.29) is 6.10 Å². The van der Waals surface area contributed by atoms with Crippen molar-refractivity contribution in [2.75, 3.05) is 6.54 Å². The van der Waals surface area contributed by atoms with Crippen molar-refractivity contribution in [3.8, 4) is 0 Å². The first-order valence-corrected chi connectivity index (χ1v) is 3.05.